The van der Waals surface area contributed by atoms with Crippen LogP contribution in [0.1, 0.15) is 31.2 Å². The maximum absolute atomic E-state index is 11.6. The van der Waals surface area contributed by atoms with E-state index in [4.69, 9.17) is 0 Å². The molecule has 0 bridgehead atoms. The van der Waals surface area contributed by atoms with Gasteiger partial charge in [-0.3, -0.25) is 9.59 Å². The highest BCUT2D eigenvalue weighted by Crippen LogP contribution is 2.30. The van der Waals surface area contributed by atoms with Crippen LogP contribution < -0.4 is 10.6 Å². The first-order valence-corrected chi connectivity index (χ1v) is 7.41. The molecular formula is C16H22N2O3. The second-order valence-corrected chi connectivity index (χ2v) is 5.61. The van der Waals surface area contributed by atoms with Gasteiger partial charge in [-0.2, -0.15) is 0 Å². The van der Waals surface area contributed by atoms with Crippen molar-refractivity contribution >= 4 is 11.8 Å². The van der Waals surface area contributed by atoms with Gasteiger partial charge in [0.25, 0.3) is 0 Å². The van der Waals surface area contributed by atoms with Gasteiger partial charge in [-0.15, -0.1) is 0 Å². The van der Waals surface area contributed by atoms with Crippen molar-refractivity contribution in [3.63, 3.8) is 0 Å². The number of carbonyl (C=O) groups excluding carboxylic acids is 2. The summed E-state index contributed by atoms with van der Waals surface area (Å²) in [6.07, 6.45) is 3.99. The molecule has 0 aliphatic heterocycles. The number of aliphatic hydroxyl groups is 1. The van der Waals surface area contributed by atoms with Crippen LogP contribution in [0.3, 0.4) is 0 Å². The minimum absolute atomic E-state index is 0.156. The van der Waals surface area contributed by atoms with Crippen molar-refractivity contribution in [3.8, 4) is 0 Å². The molecule has 2 amide bonds. The van der Waals surface area contributed by atoms with Crippen molar-refractivity contribution in [3.05, 3.63) is 35.9 Å². The standard InChI is InChI=1S/C16H22N2O3/c19-14(15(20)18-12-16(21)9-5-10-16)17-11-4-8-13-6-2-1-3-7-13/h1-3,6-7,21H,4-5,8-12H2,(H,17,19)(H,18,20). The second-order valence-electron chi connectivity index (χ2n) is 5.61. The van der Waals surface area contributed by atoms with Crippen LogP contribution >= 0.6 is 0 Å². The minimum atomic E-state index is -0.802. The first kappa shape index (κ1) is 15.5. The maximum atomic E-state index is 11.6. The van der Waals surface area contributed by atoms with E-state index >= 15 is 0 Å². The molecule has 1 aromatic rings. The lowest BCUT2D eigenvalue weighted by atomic mass is 9.80. The summed E-state index contributed by atoms with van der Waals surface area (Å²) in [5.41, 5.74) is 0.409. The van der Waals surface area contributed by atoms with E-state index in [-0.39, 0.29) is 6.54 Å². The Morgan fingerprint density at radius 1 is 1.10 bits per heavy atom. The molecule has 0 unspecified atom stereocenters. The molecule has 1 aromatic carbocycles. The number of benzene rings is 1. The average Bonchev–Trinajstić information content (AvgIpc) is 2.48. The molecule has 0 spiro atoms. The monoisotopic (exact) mass is 290 g/mol. The minimum Gasteiger partial charge on any atom is -0.388 e. The summed E-state index contributed by atoms with van der Waals surface area (Å²) in [5, 5.41) is 14.9. The first-order valence-electron chi connectivity index (χ1n) is 7.41. The third-order valence-electron chi connectivity index (χ3n) is 3.84. The van der Waals surface area contributed by atoms with Crippen LogP contribution in [0.4, 0.5) is 0 Å². The van der Waals surface area contributed by atoms with E-state index in [9.17, 15) is 14.7 Å². The van der Waals surface area contributed by atoms with Gasteiger partial charge in [-0.1, -0.05) is 30.3 Å². The number of amides is 2. The highest BCUT2D eigenvalue weighted by atomic mass is 16.3. The largest absolute Gasteiger partial charge is 0.388 e. The van der Waals surface area contributed by atoms with Crippen molar-refractivity contribution in [1.82, 2.24) is 10.6 Å². The van der Waals surface area contributed by atoms with Crippen LogP contribution in [-0.4, -0.2) is 35.6 Å². The Morgan fingerprint density at radius 3 is 2.38 bits per heavy atom. The third-order valence-corrected chi connectivity index (χ3v) is 3.84. The van der Waals surface area contributed by atoms with Crippen molar-refractivity contribution in [2.24, 2.45) is 0 Å². The van der Waals surface area contributed by atoms with Gasteiger partial charge < -0.3 is 15.7 Å². The Labute approximate surface area is 124 Å². The quantitative estimate of drug-likeness (QED) is 0.535. The summed E-state index contributed by atoms with van der Waals surface area (Å²) in [5.74, 6) is -1.30. The van der Waals surface area contributed by atoms with E-state index in [1.807, 2.05) is 30.3 Å². The summed E-state index contributed by atoms with van der Waals surface area (Å²) in [7, 11) is 0. The zero-order valence-corrected chi connectivity index (χ0v) is 12.1. The van der Waals surface area contributed by atoms with Crippen LogP contribution in [0, 0.1) is 0 Å². The topological polar surface area (TPSA) is 78.4 Å². The van der Waals surface area contributed by atoms with E-state index in [0.717, 1.165) is 19.3 Å². The molecule has 114 valence electrons. The number of carbonyl (C=O) groups is 2. The number of aryl methyl sites for hydroxylation is 1. The Bertz CT molecular complexity index is 484. The highest BCUT2D eigenvalue weighted by molar-refractivity contribution is 6.35. The average molecular weight is 290 g/mol. The molecule has 1 fully saturated rings. The van der Waals surface area contributed by atoms with E-state index in [1.54, 1.807) is 0 Å². The highest BCUT2D eigenvalue weighted by Gasteiger charge is 2.34. The molecule has 1 saturated carbocycles. The SMILES string of the molecule is O=C(NCCCc1ccccc1)C(=O)NCC1(O)CCC1. The zero-order chi connectivity index (χ0) is 15.1. The predicted molar refractivity (Wildman–Crippen MR) is 79.6 cm³/mol. The van der Waals surface area contributed by atoms with Crippen molar-refractivity contribution in [2.45, 2.75) is 37.7 Å². The van der Waals surface area contributed by atoms with Crippen LogP contribution in [0.25, 0.3) is 0 Å². The van der Waals surface area contributed by atoms with Gasteiger partial charge in [-0.05, 0) is 37.7 Å². The van der Waals surface area contributed by atoms with Crippen LogP contribution in [0.15, 0.2) is 30.3 Å². The molecule has 21 heavy (non-hydrogen) atoms. The predicted octanol–water partition coefficient (Wildman–Crippen LogP) is 0.767. The van der Waals surface area contributed by atoms with Gasteiger partial charge in [0.15, 0.2) is 0 Å². The normalized spacial score (nSPS) is 15.9. The van der Waals surface area contributed by atoms with Gasteiger partial charge in [0.1, 0.15) is 0 Å². The van der Waals surface area contributed by atoms with Gasteiger partial charge in [-0.25, -0.2) is 0 Å². The number of rotatable bonds is 6. The van der Waals surface area contributed by atoms with E-state index in [1.165, 1.54) is 5.56 Å². The Balaban J connectivity index is 1.59. The fraction of sp³-hybridized carbons (Fsp3) is 0.500. The van der Waals surface area contributed by atoms with Gasteiger partial charge in [0.05, 0.1) is 5.60 Å². The first-order chi connectivity index (χ1) is 10.1. The van der Waals surface area contributed by atoms with Crippen LogP contribution in [0.5, 0.6) is 0 Å². The summed E-state index contributed by atoms with van der Waals surface area (Å²) in [6.45, 7) is 0.620. The molecule has 5 nitrogen and oxygen atoms in total. The summed E-state index contributed by atoms with van der Waals surface area (Å²) in [6, 6.07) is 9.99. The molecular weight excluding hydrogens is 268 g/mol. The van der Waals surface area contributed by atoms with Crippen LogP contribution in [0.2, 0.25) is 0 Å². The van der Waals surface area contributed by atoms with Gasteiger partial charge in [0.2, 0.25) is 0 Å². The zero-order valence-electron chi connectivity index (χ0n) is 12.1. The molecule has 0 heterocycles. The molecule has 1 aliphatic rings. The van der Waals surface area contributed by atoms with Crippen molar-refractivity contribution < 1.29 is 14.7 Å². The Hall–Kier alpha value is -1.88. The molecule has 3 N–H and O–H groups in total. The molecule has 0 radical (unpaired) electrons. The van der Waals surface area contributed by atoms with Gasteiger partial charge >= 0.3 is 11.8 Å². The Morgan fingerprint density at radius 2 is 1.76 bits per heavy atom. The number of hydrogen-bond acceptors (Lipinski definition) is 3. The summed E-state index contributed by atoms with van der Waals surface area (Å²) >= 11 is 0. The lowest BCUT2D eigenvalue weighted by molar-refractivity contribution is -0.140. The lowest BCUT2D eigenvalue weighted by Gasteiger charge is -2.36. The van der Waals surface area contributed by atoms with Crippen LogP contribution in [-0.2, 0) is 16.0 Å². The molecule has 1 aliphatic carbocycles. The summed E-state index contributed by atoms with van der Waals surface area (Å²) in [4.78, 5) is 23.1. The molecule has 0 atom stereocenters. The summed E-state index contributed by atoms with van der Waals surface area (Å²) < 4.78 is 0. The van der Waals surface area contributed by atoms with Gasteiger partial charge in [0, 0.05) is 13.1 Å². The fourth-order valence-electron chi connectivity index (χ4n) is 2.31. The second kappa shape index (κ2) is 7.22. The molecule has 0 aromatic heterocycles. The Kier molecular flexibility index (Phi) is 5.33. The maximum Gasteiger partial charge on any atom is 0.309 e. The molecule has 5 heteroatoms. The van der Waals surface area contributed by atoms with E-state index in [0.29, 0.717) is 19.4 Å². The third kappa shape index (κ3) is 4.86. The number of hydrogen-bond donors (Lipinski definition) is 3. The lowest BCUT2D eigenvalue weighted by Crippen LogP contribution is -2.50. The van der Waals surface area contributed by atoms with Crippen molar-refractivity contribution in [2.75, 3.05) is 13.1 Å². The van der Waals surface area contributed by atoms with E-state index < -0.39 is 17.4 Å². The smallest absolute Gasteiger partial charge is 0.309 e. The number of nitrogens with one attached hydrogen (secondary N) is 2. The molecule has 0 saturated heterocycles. The fourth-order valence-corrected chi connectivity index (χ4v) is 2.31. The molecule has 2 rings (SSSR count). The van der Waals surface area contributed by atoms with Crippen molar-refractivity contribution in [1.29, 1.82) is 0 Å². The van der Waals surface area contributed by atoms with E-state index in [2.05, 4.69) is 10.6 Å².